The van der Waals surface area contributed by atoms with Crippen LogP contribution in [0.5, 0.6) is 0 Å². The number of nitrogens with one attached hydrogen (secondary N) is 1. The Kier molecular flexibility index (Phi) is 3.88. The Hall–Kier alpha value is -2.90. The molecule has 8 heteroatoms. The van der Waals surface area contributed by atoms with E-state index in [2.05, 4.69) is 10.3 Å². The number of aryl methyl sites for hydroxylation is 1. The van der Waals surface area contributed by atoms with Gasteiger partial charge in [-0.25, -0.2) is 9.78 Å². The summed E-state index contributed by atoms with van der Waals surface area (Å²) in [4.78, 5) is 25.0. The van der Waals surface area contributed by atoms with Crippen molar-refractivity contribution in [3.8, 4) is 0 Å². The van der Waals surface area contributed by atoms with Crippen LogP contribution in [0.1, 0.15) is 34.8 Å². The molecular weight excluding hydrogens is 278 g/mol. The van der Waals surface area contributed by atoms with Crippen molar-refractivity contribution in [1.29, 1.82) is 0 Å². The number of nitrogens with zero attached hydrogens (tertiary/aromatic N) is 2. The van der Waals surface area contributed by atoms with Crippen LogP contribution in [0, 0.1) is 17.0 Å². The molecule has 0 aliphatic heterocycles. The van der Waals surface area contributed by atoms with Crippen molar-refractivity contribution in [1.82, 2.24) is 4.98 Å². The zero-order chi connectivity index (χ0) is 15.6. The minimum Gasteiger partial charge on any atom is -0.478 e. The lowest BCUT2D eigenvalue weighted by Crippen LogP contribution is -2.10. The number of rotatable bonds is 5. The first kappa shape index (κ1) is 14.5. The van der Waals surface area contributed by atoms with Crippen LogP contribution in [0.25, 0.3) is 0 Å². The number of hydrogen-bond acceptors (Lipinski definition) is 6. The summed E-state index contributed by atoms with van der Waals surface area (Å²) in [6.07, 6.45) is 1.07. The molecule has 2 aromatic heterocycles. The highest BCUT2D eigenvalue weighted by Crippen LogP contribution is 2.27. The number of aromatic nitrogens is 1. The summed E-state index contributed by atoms with van der Waals surface area (Å²) >= 11 is 0. The van der Waals surface area contributed by atoms with E-state index >= 15 is 0 Å². The van der Waals surface area contributed by atoms with E-state index < -0.39 is 16.6 Å². The van der Waals surface area contributed by atoms with E-state index in [4.69, 9.17) is 9.52 Å². The minimum atomic E-state index is -1.27. The van der Waals surface area contributed by atoms with Crippen LogP contribution in [0.4, 0.5) is 11.5 Å². The van der Waals surface area contributed by atoms with Crippen LogP contribution >= 0.6 is 0 Å². The van der Waals surface area contributed by atoms with Crippen molar-refractivity contribution in [2.45, 2.75) is 19.9 Å². The molecule has 0 fully saturated rings. The summed E-state index contributed by atoms with van der Waals surface area (Å²) in [5.74, 6) is 0.0478. The van der Waals surface area contributed by atoms with Gasteiger partial charge in [0.2, 0.25) is 5.82 Å². The van der Waals surface area contributed by atoms with Crippen molar-refractivity contribution < 1.29 is 19.2 Å². The largest absolute Gasteiger partial charge is 0.478 e. The van der Waals surface area contributed by atoms with Gasteiger partial charge >= 0.3 is 11.7 Å². The van der Waals surface area contributed by atoms with Crippen LogP contribution in [-0.2, 0) is 0 Å². The summed E-state index contributed by atoms with van der Waals surface area (Å²) in [6.45, 7) is 3.55. The second kappa shape index (κ2) is 5.61. The lowest BCUT2D eigenvalue weighted by atomic mass is 10.2. The van der Waals surface area contributed by atoms with Crippen LogP contribution in [-0.4, -0.2) is 21.0 Å². The van der Waals surface area contributed by atoms with E-state index in [0.29, 0.717) is 5.76 Å². The summed E-state index contributed by atoms with van der Waals surface area (Å²) < 4.78 is 5.43. The zero-order valence-electron chi connectivity index (χ0n) is 11.4. The molecule has 0 aliphatic carbocycles. The molecule has 0 spiro atoms. The quantitative estimate of drug-likeness (QED) is 0.642. The Balaban J connectivity index is 2.31. The van der Waals surface area contributed by atoms with Gasteiger partial charge in [-0.2, -0.15) is 0 Å². The fourth-order valence-corrected chi connectivity index (χ4v) is 1.78. The molecule has 1 unspecified atom stereocenters. The van der Waals surface area contributed by atoms with Crippen LogP contribution < -0.4 is 5.32 Å². The van der Waals surface area contributed by atoms with Gasteiger partial charge in [0, 0.05) is 12.3 Å². The van der Waals surface area contributed by atoms with Crippen LogP contribution in [0.2, 0.25) is 0 Å². The molecule has 21 heavy (non-hydrogen) atoms. The third-order valence-corrected chi connectivity index (χ3v) is 2.85. The standard InChI is InChI=1S/C13H13N3O5/c1-7-3-4-11(21-7)8(2)15-12-10(16(19)20)5-9(6-14-12)13(17)18/h3-6,8H,1-2H3,(H,14,15)(H,17,18). The average molecular weight is 291 g/mol. The first-order valence-corrected chi connectivity index (χ1v) is 6.09. The second-order valence-electron chi connectivity index (χ2n) is 4.47. The van der Waals surface area contributed by atoms with E-state index in [1.807, 2.05) is 0 Å². The number of carboxylic acid groups (broad SMARTS) is 1. The molecule has 110 valence electrons. The maximum Gasteiger partial charge on any atom is 0.337 e. The van der Waals surface area contributed by atoms with Gasteiger partial charge in [0.15, 0.2) is 0 Å². The van der Waals surface area contributed by atoms with Crippen molar-refractivity contribution in [2.24, 2.45) is 0 Å². The molecule has 0 radical (unpaired) electrons. The van der Waals surface area contributed by atoms with Crippen molar-refractivity contribution in [2.75, 3.05) is 5.32 Å². The highest BCUT2D eigenvalue weighted by atomic mass is 16.6. The maximum atomic E-state index is 11.0. The summed E-state index contributed by atoms with van der Waals surface area (Å²) in [5, 5.41) is 22.7. The normalized spacial score (nSPS) is 11.9. The van der Waals surface area contributed by atoms with E-state index in [1.54, 1.807) is 26.0 Å². The third-order valence-electron chi connectivity index (χ3n) is 2.85. The van der Waals surface area contributed by atoms with E-state index in [0.717, 1.165) is 18.0 Å². The summed E-state index contributed by atoms with van der Waals surface area (Å²) in [7, 11) is 0. The van der Waals surface area contributed by atoms with Crippen molar-refractivity contribution in [3.05, 3.63) is 51.6 Å². The topological polar surface area (TPSA) is 119 Å². The van der Waals surface area contributed by atoms with E-state index in [-0.39, 0.29) is 17.4 Å². The van der Waals surface area contributed by atoms with Gasteiger partial charge in [0.25, 0.3) is 0 Å². The molecule has 0 bridgehead atoms. The van der Waals surface area contributed by atoms with E-state index in [1.165, 1.54) is 0 Å². The first-order chi connectivity index (χ1) is 9.88. The lowest BCUT2D eigenvalue weighted by Gasteiger charge is -2.12. The SMILES string of the molecule is Cc1ccc(C(C)Nc2ncc(C(=O)O)cc2[N+](=O)[O-])o1. The summed E-state index contributed by atoms with van der Waals surface area (Å²) in [5.41, 5.74) is -0.640. The lowest BCUT2D eigenvalue weighted by molar-refractivity contribution is -0.384. The molecule has 2 heterocycles. The Morgan fingerprint density at radius 1 is 1.52 bits per heavy atom. The summed E-state index contributed by atoms with van der Waals surface area (Å²) in [6, 6.07) is 4.16. The smallest absolute Gasteiger partial charge is 0.337 e. The average Bonchev–Trinajstić information content (AvgIpc) is 2.85. The van der Waals surface area contributed by atoms with Gasteiger partial charge in [0.05, 0.1) is 16.5 Å². The molecule has 0 saturated heterocycles. The Bertz CT molecular complexity index is 695. The van der Waals surface area contributed by atoms with Gasteiger partial charge < -0.3 is 14.8 Å². The number of pyridine rings is 1. The molecule has 0 saturated carbocycles. The first-order valence-electron chi connectivity index (χ1n) is 6.09. The maximum absolute atomic E-state index is 11.0. The van der Waals surface area contributed by atoms with Gasteiger partial charge in [-0.15, -0.1) is 0 Å². The number of furan rings is 1. The molecule has 1 atom stereocenters. The Morgan fingerprint density at radius 2 is 2.24 bits per heavy atom. The number of carbonyl (C=O) groups is 1. The highest BCUT2D eigenvalue weighted by molar-refractivity contribution is 5.88. The number of hydrogen-bond donors (Lipinski definition) is 2. The molecule has 2 N–H and O–H groups in total. The molecule has 0 aliphatic rings. The molecule has 2 rings (SSSR count). The van der Waals surface area contributed by atoms with Gasteiger partial charge in [-0.05, 0) is 26.0 Å². The van der Waals surface area contributed by atoms with Gasteiger partial charge in [-0.3, -0.25) is 10.1 Å². The van der Waals surface area contributed by atoms with Gasteiger partial charge in [0.1, 0.15) is 11.5 Å². The number of carboxylic acids is 1. The fraction of sp³-hybridized carbons (Fsp3) is 0.231. The predicted molar refractivity (Wildman–Crippen MR) is 73.3 cm³/mol. The van der Waals surface area contributed by atoms with Crippen LogP contribution in [0.3, 0.4) is 0 Å². The van der Waals surface area contributed by atoms with Crippen LogP contribution in [0.15, 0.2) is 28.8 Å². The number of nitro groups is 1. The fourth-order valence-electron chi connectivity index (χ4n) is 1.78. The van der Waals surface area contributed by atoms with Crippen molar-refractivity contribution in [3.63, 3.8) is 0 Å². The number of aromatic carboxylic acids is 1. The minimum absolute atomic E-state index is 0.00782. The second-order valence-corrected chi connectivity index (χ2v) is 4.47. The predicted octanol–water partition coefficient (Wildman–Crippen LogP) is 2.76. The number of anilines is 1. The molecule has 8 nitrogen and oxygen atoms in total. The molecular formula is C13H13N3O5. The van der Waals surface area contributed by atoms with Crippen molar-refractivity contribution >= 4 is 17.5 Å². The van der Waals surface area contributed by atoms with E-state index in [9.17, 15) is 14.9 Å². The third kappa shape index (κ3) is 3.16. The Morgan fingerprint density at radius 3 is 2.76 bits per heavy atom. The highest BCUT2D eigenvalue weighted by Gasteiger charge is 2.21. The monoisotopic (exact) mass is 291 g/mol. The molecule has 0 amide bonds. The Labute approximate surface area is 119 Å². The molecule has 2 aromatic rings. The molecule has 0 aromatic carbocycles. The van der Waals surface area contributed by atoms with Gasteiger partial charge in [-0.1, -0.05) is 0 Å². The zero-order valence-corrected chi connectivity index (χ0v) is 11.4.